The molecule has 1 amide bonds. The predicted octanol–water partition coefficient (Wildman–Crippen LogP) is 7.90. The van der Waals surface area contributed by atoms with Gasteiger partial charge in [-0.3, -0.25) is 4.79 Å². The van der Waals surface area contributed by atoms with E-state index >= 15 is 0 Å². The molecule has 0 radical (unpaired) electrons. The molecule has 200 valence electrons. The fourth-order valence-electron chi connectivity index (χ4n) is 4.11. The van der Waals surface area contributed by atoms with Gasteiger partial charge in [-0.05, 0) is 65.7 Å². The minimum Gasteiger partial charge on any atom is -0.493 e. The molecule has 2 N–H and O–H groups in total. The van der Waals surface area contributed by atoms with E-state index in [2.05, 4.69) is 31.4 Å². The van der Waals surface area contributed by atoms with Gasteiger partial charge in [0.05, 0.1) is 29.4 Å². The van der Waals surface area contributed by atoms with E-state index in [9.17, 15) is 9.59 Å². The number of H-pyrrole nitrogens is 1. The van der Waals surface area contributed by atoms with Gasteiger partial charge in [0.1, 0.15) is 5.69 Å². The van der Waals surface area contributed by atoms with Gasteiger partial charge in [0.25, 0.3) is 5.91 Å². The van der Waals surface area contributed by atoms with E-state index in [-0.39, 0.29) is 11.4 Å². The molecule has 0 aliphatic heterocycles. The molecular weight excluding hydrogens is 617 g/mol. The second kappa shape index (κ2) is 12.0. The first-order valence-corrected chi connectivity index (χ1v) is 13.4. The van der Waals surface area contributed by atoms with Crippen LogP contribution in [0.4, 0.5) is 0 Å². The summed E-state index contributed by atoms with van der Waals surface area (Å²) in [5.41, 5.74) is 5.92. The molecule has 5 rings (SSSR count). The fraction of sp³-hybridized carbons (Fsp3) is 0.0333. The van der Waals surface area contributed by atoms with Gasteiger partial charge in [-0.2, -0.15) is 5.10 Å². The number of hydrogen-bond acceptors (Lipinski definition) is 5. The first-order valence-electron chi connectivity index (χ1n) is 11.9. The van der Waals surface area contributed by atoms with Gasteiger partial charge < -0.3 is 14.5 Å². The number of nitrogens with one attached hydrogen (secondary N) is 2. The van der Waals surface area contributed by atoms with Crippen LogP contribution < -0.4 is 14.9 Å². The third kappa shape index (κ3) is 5.89. The van der Waals surface area contributed by atoms with Crippen molar-refractivity contribution in [2.75, 3.05) is 7.11 Å². The average molecular weight is 637 g/mol. The highest BCUT2D eigenvalue weighted by Gasteiger charge is 2.21. The molecular formula is C30H20BrCl2N3O4. The van der Waals surface area contributed by atoms with Crippen LogP contribution in [0.2, 0.25) is 10.0 Å². The number of hydrogen-bond donors (Lipinski definition) is 2. The fourth-order valence-corrected chi connectivity index (χ4v) is 4.91. The van der Waals surface area contributed by atoms with E-state index in [1.807, 2.05) is 30.3 Å². The van der Waals surface area contributed by atoms with Crippen LogP contribution in [-0.4, -0.2) is 30.2 Å². The van der Waals surface area contributed by atoms with Crippen molar-refractivity contribution < 1.29 is 19.1 Å². The highest BCUT2D eigenvalue weighted by Crippen LogP contribution is 2.37. The predicted molar refractivity (Wildman–Crippen MR) is 161 cm³/mol. The second-order valence-electron chi connectivity index (χ2n) is 8.56. The van der Waals surface area contributed by atoms with Crippen LogP contribution >= 0.6 is 39.1 Å². The number of methoxy groups -OCH3 is 1. The summed E-state index contributed by atoms with van der Waals surface area (Å²) in [7, 11) is 1.47. The number of amides is 1. The number of esters is 1. The lowest BCUT2D eigenvalue weighted by Gasteiger charge is -2.10. The maximum absolute atomic E-state index is 13.2. The Balaban J connectivity index is 1.36. The van der Waals surface area contributed by atoms with E-state index in [1.54, 1.807) is 54.6 Å². The van der Waals surface area contributed by atoms with Crippen LogP contribution in [0.15, 0.2) is 94.5 Å². The Morgan fingerprint density at radius 2 is 1.70 bits per heavy atom. The Morgan fingerprint density at radius 3 is 2.42 bits per heavy atom. The molecule has 0 atom stereocenters. The number of fused-ring (bicyclic) bond motifs is 1. The maximum Gasteiger partial charge on any atom is 0.343 e. The van der Waals surface area contributed by atoms with Crippen LogP contribution in [0, 0.1) is 0 Å². The highest BCUT2D eigenvalue weighted by atomic mass is 79.9. The number of halogens is 3. The van der Waals surface area contributed by atoms with E-state index in [4.69, 9.17) is 32.7 Å². The largest absolute Gasteiger partial charge is 0.493 e. The Hall–Kier alpha value is -4.11. The van der Waals surface area contributed by atoms with Gasteiger partial charge in [-0.25, -0.2) is 10.2 Å². The Morgan fingerprint density at radius 1 is 0.950 bits per heavy atom. The molecule has 40 heavy (non-hydrogen) atoms. The summed E-state index contributed by atoms with van der Waals surface area (Å²) in [6, 6.07) is 24.6. The van der Waals surface area contributed by atoms with Gasteiger partial charge in [-0.1, -0.05) is 69.5 Å². The number of carbonyl (C=O) groups excluding carboxylic acids is 2. The van der Waals surface area contributed by atoms with Gasteiger partial charge in [0.15, 0.2) is 11.5 Å². The van der Waals surface area contributed by atoms with Crippen LogP contribution in [0.1, 0.15) is 26.4 Å². The second-order valence-corrected chi connectivity index (χ2v) is 10.3. The zero-order valence-electron chi connectivity index (χ0n) is 20.9. The van der Waals surface area contributed by atoms with Gasteiger partial charge in [-0.15, -0.1) is 0 Å². The Labute approximate surface area is 247 Å². The molecule has 0 spiro atoms. The Bertz CT molecular complexity index is 1750. The molecule has 0 aliphatic rings. The number of nitrogens with zero attached hydrogens (tertiary/aromatic N) is 1. The van der Waals surface area contributed by atoms with Crippen molar-refractivity contribution in [1.29, 1.82) is 0 Å². The van der Waals surface area contributed by atoms with E-state index in [0.717, 1.165) is 15.4 Å². The van der Waals surface area contributed by atoms with Gasteiger partial charge >= 0.3 is 5.97 Å². The lowest BCUT2D eigenvalue weighted by Crippen LogP contribution is -2.18. The molecule has 0 saturated carbocycles. The Kier molecular flexibility index (Phi) is 8.21. The SMILES string of the molecule is COc1cc(C=NNC(=O)c2[nH]c3c(Cl)cc(Cl)cc3c2-c2ccccc2)ccc1OC(=O)c1ccc(Br)cc1. The zero-order chi connectivity index (χ0) is 28.2. The molecule has 0 fully saturated rings. The van der Waals surface area contributed by atoms with Crippen molar-refractivity contribution in [2.24, 2.45) is 5.10 Å². The molecule has 0 unspecified atom stereocenters. The van der Waals surface area contributed by atoms with E-state index in [0.29, 0.717) is 38.0 Å². The topological polar surface area (TPSA) is 92.8 Å². The summed E-state index contributed by atoms with van der Waals surface area (Å²) in [6.45, 7) is 0. The molecule has 5 aromatic rings. The maximum atomic E-state index is 13.2. The number of rotatable bonds is 7. The van der Waals surface area contributed by atoms with Crippen molar-refractivity contribution >= 4 is 68.1 Å². The summed E-state index contributed by atoms with van der Waals surface area (Å²) >= 11 is 16.0. The molecule has 7 nitrogen and oxygen atoms in total. The first kappa shape index (κ1) is 27.5. The quantitative estimate of drug-likeness (QED) is 0.0822. The number of ether oxygens (including phenoxy) is 2. The van der Waals surface area contributed by atoms with E-state index in [1.165, 1.54) is 13.3 Å². The zero-order valence-corrected chi connectivity index (χ0v) is 24.0. The monoisotopic (exact) mass is 635 g/mol. The summed E-state index contributed by atoms with van der Waals surface area (Å²) in [5, 5.41) is 5.69. The summed E-state index contributed by atoms with van der Waals surface area (Å²) in [6.07, 6.45) is 1.45. The van der Waals surface area contributed by atoms with Crippen molar-refractivity contribution in [1.82, 2.24) is 10.4 Å². The lowest BCUT2D eigenvalue weighted by atomic mass is 10.0. The summed E-state index contributed by atoms with van der Waals surface area (Å²) in [4.78, 5) is 28.9. The van der Waals surface area contributed by atoms with E-state index < -0.39 is 11.9 Å². The summed E-state index contributed by atoms with van der Waals surface area (Å²) in [5.74, 6) is -0.411. The molecule has 1 heterocycles. The third-order valence-corrected chi connectivity index (χ3v) is 7.01. The third-order valence-electron chi connectivity index (χ3n) is 5.96. The lowest BCUT2D eigenvalue weighted by molar-refractivity contribution is 0.0729. The molecule has 10 heteroatoms. The molecule has 0 aliphatic carbocycles. The normalized spacial score (nSPS) is 11.1. The van der Waals surface area contributed by atoms with Crippen LogP contribution in [0.5, 0.6) is 11.5 Å². The standard InChI is InChI=1S/C30H20BrCl2N3O4/c1-39-25-13-17(7-12-24(25)40-30(38)19-8-10-20(31)11-9-19)16-34-36-29(37)28-26(18-5-3-2-4-6-18)22-14-21(32)15-23(33)27(22)35-28/h2-16,35H,1H3,(H,36,37). The van der Waals surface area contributed by atoms with Crippen LogP contribution in [0.3, 0.4) is 0 Å². The molecule has 0 bridgehead atoms. The van der Waals surface area contributed by atoms with Crippen LogP contribution in [-0.2, 0) is 0 Å². The summed E-state index contributed by atoms with van der Waals surface area (Å²) < 4.78 is 11.8. The number of aromatic nitrogens is 1. The smallest absolute Gasteiger partial charge is 0.343 e. The number of hydrazone groups is 1. The minimum absolute atomic E-state index is 0.248. The number of benzene rings is 4. The van der Waals surface area contributed by atoms with Crippen molar-refractivity contribution in [2.45, 2.75) is 0 Å². The average Bonchev–Trinajstić information content (AvgIpc) is 3.34. The van der Waals surface area contributed by atoms with Crippen molar-refractivity contribution in [3.05, 3.63) is 116 Å². The van der Waals surface area contributed by atoms with Gasteiger partial charge in [0, 0.05) is 20.4 Å². The van der Waals surface area contributed by atoms with Crippen molar-refractivity contribution in [3.63, 3.8) is 0 Å². The molecule has 4 aromatic carbocycles. The van der Waals surface area contributed by atoms with Gasteiger partial charge in [0.2, 0.25) is 0 Å². The highest BCUT2D eigenvalue weighted by molar-refractivity contribution is 9.10. The first-order chi connectivity index (χ1) is 19.3. The van der Waals surface area contributed by atoms with Crippen molar-refractivity contribution in [3.8, 4) is 22.6 Å². The molecule has 1 aromatic heterocycles. The minimum atomic E-state index is -0.520. The number of aromatic amines is 1. The number of carbonyl (C=O) groups is 2. The van der Waals surface area contributed by atoms with Crippen LogP contribution in [0.25, 0.3) is 22.0 Å². The molecule has 0 saturated heterocycles.